The Bertz CT molecular complexity index is 1480. The Kier molecular flexibility index (Phi) is 7.05. The fraction of sp³-hybridized carbons (Fsp3) is 0.379. The highest BCUT2D eigenvalue weighted by atomic mass is 28.4. The van der Waals surface area contributed by atoms with E-state index in [1.54, 1.807) is 19.2 Å². The average Bonchev–Trinajstić information content (AvgIpc) is 3.20. The minimum atomic E-state index is -1.97. The molecule has 2 N–H and O–H groups in total. The molecule has 0 fully saturated rings. The summed E-state index contributed by atoms with van der Waals surface area (Å²) in [4.78, 5) is 8.98. The van der Waals surface area contributed by atoms with Crippen molar-refractivity contribution in [3.63, 3.8) is 0 Å². The van der Waals surface area contributed by atoms with E-state index in [9.17, 15) is 14.9 Å². The van der Waals surface area contributed by atoms with E-state index < -0.39 is 14.1 Å². The van der Waals surface area contributed by atoms with Crippen molar-refractivity contribution in [2.45, 2.75) is 58.2 Å². The molecule has 0 aliphatic carbocycles. The van der Waals surface area contributed by atoms with E-state index >= 15 is 0 Å². The third-order valence-corrected chi connectivity index (χ3v) is 12.2. The van der Waals surface area contributed by atoms with Gasteiger partial charge in [0.25, 0.3) is 0 Å². The maximum atomic E-state index is 14.0. The Balaban J connectivity index is 1.69. The van der Waals surface area contributed by atoms with Gasteiger partial charge in [0, 0.05) is 36.0 Å². The number of nitrogens with zero attached hydrogens (tertiary/aromatic N) is 4. The lowest BCUT2D eigenvalue weighted by Gasteiger charge is -2.39. The second-order valence-corrected chi connectivity index (χ2v) is 16.5. The largest absolute Gasteiger partial charge is 0.416 e. The molecule has 0 spiro atoms. The highest BCUT2D eigenvalue weighted by Gasteiger charge is 2.42. The van der Waals surface area contributed by atoms with Gasteiger partial charge in [-0.1, -0.05) is 27.7 Å². The minimum absolute atomic E-state index is 0.0572. The number of nitrogens with one attached hydrogen (secondary N) is 2. The van der Waals surface area contributed by atoms with Gasteiger partial charge in [-0.25, -0.2) is 14.4 Å². The molecule has 196 valence electrons. The molecule has 9 heteroatoms. The quantitative estimate of drug-likeness (QED) is 0.340. The highest BCUT2D eigenvalue weighted by molar-refractivity contribution is 6.74. The van der Waals surface area contributed by atoms with E-state index in [2.05, 4.69) is 73.5 Å². The molecule has 1 aliphatic rings. The molecule has 1 atom stereocenters. The van der Waals surface area contributed by atoms with Crippen LogP contribution < -0.4 is 10.6 Å². The predicted octanol–water partition coefficient (Wildman–Crippen LogP) is 6.78. The van der Waals surface area contributed by atoms with Crippen molar-refractivity contribution in [2.75, 3.05) is 23.8 Å². The smallest absolute Gasteiger partial charge is 0.227 e. The summed E-state index contributed by atoms with van der Waals surface area (Å²) in [6.45, 7) is 16.3. The Morgan fingerprint density at radius 1 is 1.16 bits per heavy atom. The standard InChI is InChI=1S/C29H33FN6OSi/c1-18-10-23(30)20(14-31)13-25(18)36-27-33-9-8-24(35-27)19-11-21(15-32)26-22(12-19)29(5,16-34-26)17-37-38(6,7)28(2,3)4/h8-13,34H,16-17H2,1-7H3,(H,33,35,36)/t29-/m1/s1. The maximum Gasteiger partial charge on any atom is 0.227 e. The van der Waals surface area contributed by atoms with E-state index in [0.717, 1.165) is 16.8 Å². The second kappa shape index (κ2) is 9.83. The van der Waals surface area contributed by atoms with Gasteiger partial charge in [-0.3, -0.25) is 0 Å². The molecular formula is C29H33FN6OSi. The van der Waals surface area contributed by atoms with Crippen LogP contribution in [0.1, 0.15) is 49.9 Å². The van der Waals surface area contributed by atoms with Crippen LogP contribution in [-0.2, 0) is 9.84 Å². The van der Waals surface area contributed by atoms with Crippen LogP contribution >= 0.6 is 0 Å². The van der Waals surface area contributed by atoms with Gasteiger partial charge in [0.1, 0.15) is 18.0 Å². The summed E-state index contributed by atoms with van der Waals surface area (Å²) in [5, 5.41) is 25.8. The van der Waals surface area contributed by atoms with Crippen LogP contribution in [-0.4, -0.2) is 31.4 Å². The van der Waals surface area contributed by atoms with Crippen LogP contribution in [0.25, 0.3) is 11.3 Å². The fourth-order valence-corrected chi connectivity index (χ4v) is 5.31. The third kappa shape index (κ3) is 5.13. The molecule has 2 aromatic carbocycles. The second-order valence-electron chi connectivity index (χ2n) is 11.7. The molecule has 0 saturated carbocycles. The van der Waals surface area contributed by atoms with E-state index in [1.807, 2.05) is 12.1 Å². The minimum Gasteiger partial charge on any atom is -0.416 e. The zero-order valence-electron chi connectivity index (χ0n) is 23.0. The number of anilines is 3. The lowest BCUT2D eigenvalue weighted by atomic mass is 9.83. The molecule has 38 heavy (non-hydrogen) atoms. The Morgan fingerprint density at radius 2 is 1.87 bits per heavy atom. The fourth-order valence-electron chi connectivity index (χ4n) is 4.20. The normalized spacial score (nSPS) is 16.8. The number of nitriles is 2. The van der Waals surface area contributed by atoms with Gasteiger partial charge in [0.15, 0.2) is 8.32 Å². The Morgan fingerprint density at radius 3 is 2.53 bits per heavy atom. The molecule has 0 unspecified atom stereocenters. The zero-order chi connectivity index (χ0) is 27.9. The number of hydrogen-bond acceptors (Lipinski definition) is 7. The molecule has 0 bridgehead atoms. The van der Waals surface area contributed by atoms with Crippen LogP contribution in [0.15, 0.2) is 36.5 Å². The van der Waals surface area contributed by atoms with Crippen molar-refractivity contribution in [1.29, 1.82) is 10.5 Å². The van der Waals surface area contributed by atoms with E-state index in [0.29, 0.717) is 41.6 Å². The number of aromatic nitrogens is 2. The van der Waals surface area contributed by atoms with Crippen molar-refractivity contribution < 1.29 is 8.82 Å². The molecule has 0 saturated heterocycles. The van der Waals surface area contributed by atoms with Gasteiger partial charge < -0.3 is 15.1 Å². The van der Waals surface area contributed by atoms with E-state index in [-0.39, 0.29) is 16.0 Å². The summed E-state index contributed by atoms with van der Waals surface area (Å²) in [5.41, 5.74) is 4.67. The predicted molar refractivity (Wildman–Crippen MR) is 150 cm³/mol. The highest BCUT2D eigenvalue weighted by Crippen LogP contribution is 2.44. The van der Waals surface area contributed by atoms with E-state index in [4.69, 9.17) is 4.43 Å². The molecular weight excluding hydrogens is 495 g/mol. The molecule has 0 radical (unpaired) electrons. The first-order valence-electron chi connectivity index (χ1n) is 12.6. The number of fused-ring (bicyclic) bond motifs is 1. The summed E-state index contributed by atoms with van der Waals surface area (Å²) in [7, 11) is -1.97. The van der Waals surface area contributed by atoms with Crippen LogP contribution in [0.3, 0.4) is 0 Å². The van der Waals surface area contributed by atoms with Crippen LogP contribution in [0.4, 0.5) is 21.7 Å². The van der Waals surface area contributed by atoms with Crippen molar-refractivity contribution in [1.82, 2.24) is 9.97 Å². The topological polar surface area (TPSA) is 107 Å². The summed E-state index contributed by atoms with van der Waals surface area (Å²) in [5.74, 6) is -0.260. The van der Waals surface area contributed by atoms with Gasteiger partial charge in [-0.2, -0.15) is 10.5 Å². The average molecular weight is 529 g/mol. The van der Waals surface area contributed by atoms with Crippen LogP contribution in [0.5, 0.6) is 0 Å². The van der Waals surface area contributed by atoms with Crippen LogP contribution in [0, 0.1) is 35.4 Å². The number of rotatable bonds is 6. The van der Waals surface area contributed by atoms with Crippen LogP contribution in [0.2, 0.25) is 18.1 Å². The van der Waals surface area contributed by atoms with Crippen molar-refractivity contribution in [2.24, 2.45) is 0 Å². The van der Waals surface area contributed by atoms with Gasteiger partial charge in [-0.15, -0.1) is 0 Å². The first-order chi connectivity index (χ1) is 17.8. The van der Waals surface area contributed by atoms with E-state index in [1.165, 1.54) is 12.1 Å². The van der Waals surface area contributed by atoms with Crippen molar-refractivity contribution in [3.8, 4) is 23.4 Å². The number of benzene rings is 2. The van der Waals surface area contributed by atoms with Gasteiger partial charge in [-0.05, 0) is 66.5 Å². The first-order valence-corrected chi connectivity index (χ1v) is 15.5. The first kappa shape index (κ1) is 27.2. The lowest BCUT2D eigenvalue weighted by Crippen LogP contribution is -2.45. The Labute approximate surface area is 224 Å². The van der Waals surface area contributed by atoms with Crippen molar-refractivity contribution in [3.05, 3.63) is 64.6 Å². The Hall–Kier alpha value is -3.79. The third-order valence-electron chi connectivity index (χ3n) is 7.75. The lowest BCUT2D eigenvalue weighted by molar-refractivity contribution is 0.220. The molecule has 1 aromatic heterocycles. The maximum absolute atomic E-state index is 14.0. The molecule has 7 nitrogen and oxygen atoms in total. The van der Waals surface area contributed by atoms with Gasteiger partial charge in [0.05, 0.1) is 22.5 Å². The molecule has 1 aliphatic heterocycles. The summed E-state index contributed by atoms with van der Waals surface area (Å²) in [6.07, 6.45) is 1.63. The number of halogens is 1. The van der Waals surface area contributed by atoms with Crippen molar-refractivity contribution >= 4 is 25.6 Å². The van der Waals surface area contributed by atoms with Gasteiger partial charge in [0.2, 0.25) is 5.95 Å². The summed E-state index contributed by atoms with van der Waals surface area (Å²) in [6, 6.07) is 12.6. The monoisotopic (exact) mass is 528 g/mol. The molecule has 4 rings (SSSR count). The number of hydrogen-bond donors (Lipinski definition) is 2. The number of aryl methyl sites for hydroxylation is 1. The summed E-state index contributed by atoms with van der Waals surface area (Å²) < 4.78 is 20.6. The SMILES string of the molecule is Cc1cc(F)c(C#N)cc1Nc1nccc(-c2cc(C#N)c3c(c2)[C@@](C)(CO[Si](C)(C)C(C)(C)C)CN3)n1. The molecule has 0 amide bonds. The molecule has 3 aromatic rings. The summed E-state index contributed by atoms with van der Waals surface area (Å²) >= 11 is 0. The van der Waals surface area contributed by atoms with Gasteiger partial charge >= 0.3 is 0 Å². The molecule has 2 heterocycles. The zero-order valence-corrected chi connectivity index (χ0v) is 24.0.